The van der Waals surface area contributed by atoms with Crippen molar-refractivity contribution in [1.82, 2.24) is 10.3 Å². The first-order valence-electron chi connectivity index (χ1n) is 6.72. The molecule has 5 heteroatoms. The molecule has 2 bridgehead atoms. The summed E-state index contributed by atoms with van der Waals surface area (Å²) in [5.74, 6) is 0.962. The van der Waals surface area contributed by atoms with Crippen molar-refractivity contribution >= 4 is 0 Å². The van der Waals surface area contributed by atoms with Gasteiger partial charge in [0.25, 0.3) is 0 Å². The van der Waals surface area contributed by atoms with E-state index in [4.69, 9.17) is 9.47 Å². The fourth-order valence-electron chi connectivity index (χ4n) is 3.39. The average molecular weight is 264 g/mol. The maximum absolute atomic E-state index is 11.0. The molecule has 3 rings (SSSR count). The molecular weight excluding hydrogens is 244 g/mol. The number of rotatable bonds is 3. The fraction of sp³-hybridized carbons (Fsp3) is 0.643. The molecule has 3 heterocycles. The highest BCUT2D eigenvalue weighted by molar-refractivity contribution is 5.36. The number of pyridine rings is 1. The summed E-state index contributed by atoms with van der Waals surface area (Å²) in [7, 11) is 3.14. The number of methoxy groups -OCH3 is 2. The van der Waals surface area contributed by atoms with Crippen LogP contribution < -0.4 is 14.8 Å². The van der Waals surface area contributed by atoms with Crippen molar-refractivity contribution < 1.29 is 14.6 Å². The summed E-state index contributed by atoms with van der Waals surface area (Å²) < 4.78 is 10.4. The molecule has 0 spiro atoms. The quantitative estimate of drug-likeness (QED) is 0.859. The molecular formula is C14H20N2O3. The molecule has 5 nitrogen and oxygen atoms in total. The Balaban J connectivity index is 1.96. The fourth-order valence-corrected chi connectivity index (χ4v) is 3.39. The summed E-state index contributed by atoms with van der Waals surface area (Å²) in [5, 5.41) is 14.5. The highest BCUT2D eigenvalue weighted by Crippen LogP contribution is 2.43. The minimum absolute atomic E-state index is 0.399. The van der Waals surface area contributed by atoms with Gasteiger partial charge in [-0.3, -0.25) is 0 Å². The monoisotopic (exact) mass is 264 g/mol. The van der Waals surface area contributed by atoms with Gasteiger partial charge in [0.15, 0.2) is 0 Å². The van der Waals surface area contributed by atoms with E-state index < -0.39 is 5.60 Å². The molecule has 2 fully saturated rings. The van der Waals surface area contributed by atoms with Crippen molar-refractivity contribution in [3.63, 3.8) is 0 Å². The molecule has 0 radical (unpaired) electrons. The third kappa shape index (κ3) is 2.17. The van der Waals surface area contributed by atoms with Crippen LogP contribution in [-0.2, 0) is 5.60 Å². The van der Waals surface area contributed by atoms with Gasteiger partial charge in [-0.1, -0.05) is 0 Å². The number of piperidine rings is 1. The second-order valence-corrected chi connectivity index (χ2v) is 5.49. The van der Waals surface area contributed by atoms with Gasteiger partial charge in [-0.15, -0.1) is 0 Å². The number of aliphatic hydroxyl groups is 1. The number of fused-ring (bicyclic) bond motifs is 2. The molecule has 0 aromatic carbocycles. The molecule has 0 saturated carbocycles. The number of ether oxygens (including phenoxy) is 2. The summed E-state index contributed by atoms with van der Waals surface area (Å²) in [6, 6.07) is 4.45. The lowest BCUT2D eigenvalue weighted by atomic mass is 9.82. The molecule has 2 saturated heterocycles. The second-order valence-electron chi connectivity index (χ2n) is 5.49. The number of aromatic nitrogens is 1. The lowest BCUT2D eigenvalue weighted by molar-refractivity contribution is -0.0137. The Morgan fingerprint density at radius 2 is 1.89 bits per heavy atom. The molecule has 2 unspecified atom stereocenters. The van der Waals surface area contributed by atoms with Gasteiger partial charge in [0.2, 0.25) is 11.8 Å². The van der Waals surface area contributed by atoms with Crippen LogP contribution in [-0.4, -0.2) is 36.4 Å². The summed E-state index contributed by atoms with van der Waals surface area (Å²) in [6.07, 6.45) is 3.71. The molecule has 2 N–H and O–H groups in total. The molecule has 0 aliphatic carbocycles. The molecule has 1 aromatic heterocycles. The van der Waals surface area contributed by atoms with Crippen molar-refractivity contribution in [2.75, 3.05) is 14.2 Å². The molecule has 2 aliphatic heterocycles. The van der Waals surface area contributed by atoms with E-state index in [-0.39, 0.29) is 0 Å². The number of nitrogens with zero attached hydrogens (tertiary/aromatic N) is 1. The van der Waals surface area contributed by atoms with Gasteiger partial charge in [0, 0.05) is 23.7 Å². The Bertz CT molecular complexity index is 466. The predicted molar refractivity (Wildman–Crippen MR) is 70.4 cm³/mol. The minimum Gasteiger partial charge on any atom is -0.481 e. The summed E-state index contributed by atoms with van der Waals surface area (Å²) >= 11 is 0. The van der Waals surface area contributed by atoms with E-state index in [1.54, 1.807) is 20.3 Å². The van der Waals surface area contributed by atoms with E-state index in [9.17, 15) is 5.11 Å². The maximum atomic E-state index is 11.0. The van der Waals surface area contributed by atoms with Crippen LogP contribution in [0, 0.1) is 0 Å². The molecule has 2 aliphatic rings. The van der Waals surface area contributed by atoms with Crippen LogP contribution in [0.25, 0.3) is 0 Å². The molecule has 19 heavy (non-hydrogen) atoms. The van der Waals surface area contributed by atoms with Gasteiger partial charge in [-0.2, -0.15) is 4.98 Å². The summed E-state index contributed by atoms with van der Waals surface area (Å²) in [6.45, 7) is 0. The third-order valence-electron chi connectivity index (χ3n) is 4.24. The van der Waals surface area contributed by atoms with Gasteiger partial charge in [0.1, 0.15) is 0 Å². The molecule has 0 amide bonds. The van der Waals surface area contributed by atoms with Gasteiger partial charge in [-0.05, 0) is 31.7 Å². The molecule has 104 valence electrons. The predicted octanol–water partition coefficient (Wildman–Crippen LogP) is 1.20. The van der Waals surface area contributed by atoms with Gasteiger partial charge >= 0.3 is 0 Å². The van der Waals surface area contributed by atoms with Crippen LogP contribution in [0.1, 0.15) is 31.2 Å². The van der Waals surface area contributed by atoms with Crippen molar-refractivity contribution in [3.05, 3.63) is 17.7 Å². The van der Waals surface area contributed by atoms with Crippen LogP contribution >= 0.6 is 0 Å². The molecule has 2 atom stereocenters. The first kappa shape index (κ1) is 12.7. The Morgan fingerprint density at radius 1 is 1.21 bits per heavy atom. The smallest absolute Gasteiger partial charge is 0.222 e. The van der Waals surface area contributed by atoms with E-state index in [1.165, 1.54) is 0 Å². The number of hydrogen-bond donors (Lipinski definition) is 2. The van der Waals surface area contributed by atoms with Gasteiger partial charge in [-0.25, -0.2) is 0 Å². The van der Waals surface area contributed by atoms with Crippen molar-refractivity contribution in [2.45, 2.75) is 43.4 Å². The Labute approximate surface area is 112 Å². The van der Waals surface area contributed by atoms with E-state index in [0.29, 0.717) is 36.7 Å². The van der Waals surface area contributed by atoms with E-state index in [0.717, 1.165) is 18.4 Å². The van der Waals surface area contributed by atoms with Crippen LogP contribution in [0.4, 0.5) is 0 Å². The Kier molecular flexibility index (Phi) is 3.11. The van der Waals surface area contributed by atoms with Crippen LogP contribution in [0.2, 0.25) is 0 Å². The molecule has 1 aromatic rings. The second kappa shape index (κ2) is 4.65. The summed E-state index contributed by atoms with van der Waals surface area (Å²) in [4.78, 5) is 4.28. The Hall–Kier alpha value is -1.33. The van der Waals surface area contributed by atoms with Crippen molar-refractivity contribution in [2.24, 2.45) is 0 Å². The van der Waals surface area contributed by atoms with Crippen LogP contribution in [0.15, 0.2) is 12.1 Å². The minimum atomic E-state index is -0.846. The number of hydrogen-bond acceptors (Lipinski definition) is 5. The van der Waals surface area contributed by atoms with E-state index >= 15 is 0 Å². The zero-order chi connectivity index (χ0) is 13.5. The lowest BCUT2D eigenvalue weighted by Crippen LogP contribution is -2.46. The normalized spacial score (nSPS) is 33.2. The van der Waals surface area contributed by atoms with E-state index in [2.05, 4.69) is 10.3 Å². The highest BCUT2D eigenvalue weighted by Gasteiger charge is 2.45. The lowest BCUT2D eigenvalue weighted by Gasteiger charge is -2.37. The van der Waals surface area contributed by atoms with Crippen molar-refractivity contribution in [3.8, 4) is 11.8 Å². The zero-order valence-corrected chi connectivity index (χ0v) is 11.3. The largest absolute Gasteiger partial charge is 0.481 e. The van der Waals surface area contributed by atoms with Crippen molar-refractivity contribution in [1.29, 1.82) is 0 Å². The third-order valence-corrected chi connectivity index (χ3v) is 4.24. The average Bonchev–Trinajstić information content (AvgIpc) is 2.77. The van der Waals surface area contributed by atoms with E-state index in [1.807, 2.05) is 6.07 Å². The van der Waals surface area contributed by atoms with Crippen LogP contribution in [0.5, 0.6) is 11.8 Å². The maximum Gasteiger partial charge on any atom is 0.222 e. The SMILES string of the molecule is COc1ccc(C2(O)CC3CCC(C2)N3)c(OC)n1. The highest BCUT2D eigenvalue weighted by atomic mass is 16.5. The first-order chi connectivity index (χ1) is 9.14. The van der Waals surface area contributed by atoms with Gasteiger partial charge < -0.3 is 19.9 Å². The summed E-state index contributed by atoms with van der Waals surface area (Å²) in [5.41, 5.74) is -0.0731. The Morgan fingerprint density at radius 3 is 2.47 bits per heavy atom. The van der Waals surface area contributed by atoms with Crippen LogP contribution in [0.3, 0.4) is 0 Å². The van der Waals surface area contributed by atoms with Gasteiger partial charge in [0.05, 0.1) is 19.8 Å². The standard InChI is InChI=1S/C14H20N2O3/c1-18-12-6-5-11(13(16-12)19-2)14(17)7-9-3-4-10(8-14)15-9/h5-6,9-10,15,17H,3-4,7-8H2,1-2H3. The first-order valence-corrected chi connectivity index (χ1v) is 6.72. The topological polar surface area (TPSA) is 63.6 Å². The zero-order valence-electron chi connectivity index (χ0n) is 11.3. The number of nitrogens with one attached hydrogen (secondary N) is 1.